The monoisotopic (exact) mass is 301 g/mol. The zero-order valence-corrected chi connectivity index (χ0v) is 12.9. The van der Waals surface area contributed by atoms with E-state index in [1.807, 2.05) is 12.4 Å². The summed E-state index contributed by atoms with van der Waals surface area (Å²) in [4.78, 5) is 22.6. The number of hydrogen-bond acceptors (Lipinski definition) is 4. The van der Waals surface area contributed by atoms with Crippen LogP contribution in [-0.2, 0) is 11.3 Å². The van der Waals surface area contributed by atoms with Gasteiger partial charge in [-0.2, -0.15) is 0 Å². The van der Waals surface area contributed by atoms with Crippen LogP contribution in [-0.4, -0.2) is 38.5 Å². The van der Waals surface area contributed by atoms with Gasteiger partial charge in [0.15, 0.2) is 0 Å². The van der Waals surface area contributed by atoms with E-state index in [4.69, 9.17) is 0 Å². The van der Waals surface area contributed by atoms with E-state index in [-0.39, 0.29) is 6.04 Å². The SMILES string of the molecule is O=C(O)C1CCC2(CCC2)CN1Cc1cnc(C2CC2)nc1. The van der Waals surface area contributed by atoms with Gasteiger partial charge in [-0.1, -0.05) is 6.42 Å². The summed E-state index contributed by atoms with van der Waals surface area (Å²) in [5.41, 5.74) is 1.42. The Bertz CT molecular complexity index is 564. The minimum atomic E-state index is -0.690. The van der Waals surface area contributed by atoms with Gasteiger partial charge in [-0.05, 0) is 43.9 Å². The fourth-order valence-corrected chi connectivity index (χ4v) is 4.01. The number of aliphatic carboxylic acids is 1. The number of carboxylic acid groups (broad SMARTS) is 1. The van der Waals surface area contributed by atoms with Gasteiger partial charge >= 0.3 is 5.97 Å². The van der Waals surface area contributed by atoms with Gasteiger partial charge in [0.25, 0.3) is 0 Å². The van der Waals surface area contributed by atoms with Crippen molar-refractivity contribution in [1.29, 1.82) is 0 Å². The molecular weight excluding hydrogens is 278 g/mol. The maximum absolute atomic E-state index is 11.6. The Labute approximate surface area is 130 Å². The molecule has 3 fully saturated rings. The first-order valence-electron chi connectivity index (χ1n) is 8.43. The van der Waals surface area contributed by atoms with Crippen molar-refractivity contribution in [2.24, 2.45) is 5.41 Å². The highest BCUT2D eigenvalue weighted by atomic mass is 16.4. The van der Waals surface area contributed by atoms with Crippen LogP contribution in [0.3, 0.4) is 0 Å². The number of carbonyl (C=O) groups is 1. The second-order valence-corrected chi connectivity index (χ2v) is 7.38. The summed E-state index contributed by atoms with van der Waals surface area (Å²) in [6.07, 6.45) is 11.8. The smallest absolute Gasteiger partial charge is 0.320 e. The Hall–Kier alpha value is -1.49. The van der Waals surface area contributed by atoms with Crippen LogP contribution in [0.2, 0.25) is 0 Å². The predicted molar refractivity (Wildman–Crippen MR) is 81.4 cm³/mol. The molecule has 1 unspecified atom stereocenters. The molecule has 0 bridgehead atoms. The highest BCUT2D eigenvalue weighted by molar-refractivity contribution is 5.73. The first-order chi connectivity index (χ1) is 10.7. The topological polar surface area (TPSA) is 66.3 Å². The van der Waals surface area contributed by atoms with E-state index < -0.39 is 5.97 Å². The van der Waals surface area contributed by atoms with Gasteiger partial charge < -0.3 is 5.11 Å². The van der Waals surface area contributed by atoms with E-state index in [0.717, 1.165) is 30.8 Å². The largest absolute Gasteiger partial charge is 0.480 e. The highest BCUT2D eigenvalue weighted by Gasteiger charge is 2.45. The number of likely N-dealkylation sites (tertiary alicyclic amines) is 1. The Balaban J connectivity index is 1.48. The van der Waals surface area contributed by atoms with Gasteiger partial charge in [0.2, 0.25) is 0 Å². The molecule has 0 radical (unpaired) electrons. The number of carboxylic acids is 1. The minimum Gasteiger partial charge on any atom is -0.480 e. The molecule has 1 aromatic heterocycles. The molecule has 22 heavy (non-hydrogen) atoms. The maximum Gasteiger partial charge on any atom is 0.320 e. The molecule has 0 amide bonds. The Kier molecular flexibility index (Phi) is 3.40. The van der Waals surface area contributed by atoms with Gasteiger partial charge in [-0.3, -0.25) is 9.69 Å². The second kappa shape index (κ2) is 5.30. The third-order valence-corrected chi connectivity index (χ3v) is 5.68. The van der Waals surface area contributed by atoms with E-state index in [1.165, 1.54) is 32.1 Å². The highest BCUT2D eigenvalue weighted by Crippen LogP contribution is 2.49. The molecule has 118 valence electrons. The van der Waals surface area contributed by atoms with Gasteiger partial charge in [0.1, 0.15) is 11.9 Å². The summed E-state index contributed by atoms with van der Waals surface area (Å²) in [6.45, 7) is 1.57. The summed E-state index contributed by atoms with van der Waals surface area (Å²) in [6, 6.07) is -0.352. The van der Waals surface area contributed by atoms with Crippen molar-refractivity contribution >= 4 is 5.97 Å². The zero-order chi connectivity index (χ0) is 15.2. The van der Waals surface area contributed by atoms with Crippen LogP contribution in [0.1, 0.15) is 62.3 Å². The standard InChI is InChI=1S/C17H23N3O2/c21-16(22)14-4-7-17(5-1-6-17)11-20(14)10-12-8-18-15(19-9-12)13-2-3-13/h8-9,13-14H,1-7,10-11H2,(H,21,22). The molecule has 3 aliphatic rings. The molecule has 4 rings (SSSR count). The van der Waals surface area contributed by atoms with Crippen LogP contribution in [0.4, 0.5) is 0 Å². The molecule has 5 nitrogen and oxygen atoms in total. The molecule has 5 heteroatoms. The van der Waals surface area contributed by atoms with Crippen LogP contribution in [0.15, 0.2) is 12.4 Å². The van der Waals surface area contributed by atoms with Gasteiger partial charge in [-0.15, -0.1) is 0 Å². The lowest BCUT2D eigenvalue weighted by atomic mass is 9.63. The summed E-state index contributed by atoms with van der Waals surface area (Å²) in [5.74, 6) is 0.825. The number of hydrogen-bond donors (Lipinski definition) is 1. The summed E-state index contributed by atoms with van der Waals surface area (Å²) >= 11 is 0. The molecule has 1 spiro atoms. The molecule has 1 aliphatic heterocycles. The molecule has 1 atom stereocenters. The summed E-state index contributed by atoms with van der Waals surface area (Å²) in [7, 11) is 0. The fourth-order valence-electron chi connectivity index (χ4n) is 4.01. The van der Waals surface area contributed by atoms with Crippen molar-refractivity contribution < 1.29 is 9.90 Å². The normalized spacial score (nSPS) is 27.5. The van der Waals surface area contributed by atoms with Crippen LogP contribution in [0.5, 0.6) is 0 Å². The molecule has 2 heterocycles. The van der Waals surface area contributed by atoms with Crippen LogP contribution in [0, 0.1) is 5.41 Å². The molecule has 1 N–H and O–H groups in total. The molecular formula is C17H23N3O2. The van der Waals surface area contributed by atoms with E-state index in [1.54, 1.807) is 0 Å². The molecule has 1 aromatic rings. The van der Waals surface area contributed by atoms with E-state index in [0.29, 0.717) is 17.9 Å². The lowest BCUT2D eigenvalue weighted by molar-refractivity contribution is -0.148. The lowest BCUT2D eigenvalue weighted by Crippen LogP contribution is -2.53. The number of piperidine rings is 1. The minimum absolute atomic E-state index is 0.352. The average molecular weight is 301 g/mol. The average Bonchev–Trinajstić information content (AvgIpc) is 3.31. The lowest BCUT2D eigenvalue weighted by Gasteiger charge is -2.51. The number of nitrogens with zero attached hydrogens (tertiary/aromatic N) is 3. The van der Waals surface area contributed by atoms with Crippen LogP contribution >= 0.6 is 0 Å². The zero-order valence-electron chi connectivity index (χ0n) is 12.9. The quantitative estimate of drug-likeness (QED) is 0.926. The Morgan fingerprint density at radius 3 is 2.50 bits per heavy atom. The number of aromatic nitrogens is 2. The Morgan fingerprint density at radius 2 is 1.95 bits per heavy atom. The summed E-state index contributed by atoms with van der Waals surface area (Å²) in [5, 5.41) is 9.50. The first-order valence-corrected chi connectivity index (χ1v) is 8.43. The number of rotatable bonds is 4. The molecule has 0 aromatic carbocycles. The van der Waals surface area contributed by atoms with Gasteiger partial charge in [0.05, 0.1) is 0 Å². The second-order valence-electron chi connectivity index (χ2n) is 7.38. The van der Waals surface area contributed by atoms with Crippen molar-refractivity contribution in [3.8, 4) is 0 Å². The molecule has 2 saturated carbocycles. The first kappa shape index (κ1) is 14.1. The van der Waals surface area contributed by atoms with Crippen molar-refractivity contribution in [3.63, 3.8) is 0 Å². The fraction of sp³-hybridized carbons (Fsp3) is 0.706. The van der Waals surface area contributed by atoms with E-state index in [2.05, 4.69) is 14.9 Å². The summed E-state index contributed by atoms with van der Waals surface area (Å²) < 4.78 is 0. The van der Waals surface area contributed by atoms with Crippen molar-refractivity contribution in [2.45, 2.75) is 63.5 Å². The van der Waals surface area contributed by atoms with Gasteiger partial charge in [-0.25, -0.2) is 9.97 Å². The van der Waals surface area contributed by atoms with Crippen molar-refractivity contribution in [3.05, 3.63) is 23.8 Å². The van der Waals surface area contributed by atoms with Crippen molar-refractivity contribution in [1.82, 2.24) is 14.9 Å². The van der Waals surface area contributed by atoms with Gasteiger partial charge in [0, 0.05) is 37.0 Å². The van der Waals surface area contributed by atoms with E-state index >= 15 is 0 Å². The van der Waals surface area contributed by atoms with Crippen LogP contribution < -0.4 is 0 Å². The third kappa shape index (κ3) is 2.62. The molecule has 1 saturated heterocycles. The maximum atomic E-state index is 11.6. The Morgan fingerprint density at radius 1 is 1.23 bits per heavy atom. The third-order valence-electron chi connectivity index (χ3n) is 5.68. The van der Waals surface area contributed by atoms with Crippen LogP contribution in [0.25, 0.3) is 0 Å². The molecule has 2 aliphatic carbocycles. The van der Waals surface area contributed by atoms with Crippen molar-refractivity contribution in [2.75, 3.05) is 6.54 Å². The van der Waals surface area contributed by atoms with E-state index in [9.17, 15) is 9.90 Å². The predicted octanol–water partition coefficient (Wildman–Crippen LogP) is 2.57.